The van der Waals surface area contributed by atoms with Crippen molar-refractivity contribution in [2.24, 2.45) is 0 Å². The molecule has 122 valence electrons. The first-order valence-corrected chi connectivity index (χ1v) is 8.33. The number of unbranched alkanes of at least 4 members (excludes halogenated alkanes) is 1. The fraction of sp³-hybridized carbons (Fsp3) is 0.611. The minimum atomic E-state index is 0.0563. The Morgan fingerprint density at radius 2 is 1.86 bits per heavy atom. The average Bonchev–Trinajstić information content (AvgIpc) is 2.51. The van der Waals surface area contributed by atoms with Gasteiger partial charge in [-0.2, -0.15) is 0 Å². The van der Waals surface area contributed by atoms with Crippen molar-refractivity contribution in [1.29, 1.82) is 0 Å². The predicted molar refractivity (Wildman–Crippen MR) is 91.4 cm³/mol. The van der Waals surface area contributed by atoms with Crippen LogP contribution < -0.4 is 5.32 Å². The lowest BCUT2D eigenvalue weighted by Gasteiger charge is -2.32. The highest BCUT2D eigenvalue weighted by atomic mass is 16.1. The summed E-state index contributed by atoms with van der Waals surface area (Å²) in [7, 11) is 2.18. The Morgan fingerprint density at radius 3 is 2.59 bits per heavy atom. The summed E-state index contributed by atoms with van der Waals surface area (Å²) in [6, 6.07) is 5.90. The Kier molecular flexibility index (Phi) is 6.40. The molecular weight excluding hydrogens is 274 g/mol. The van der Waals surface area contributed by atoms with Crippen LogP contribution in [0, 0.1) is 13.8 Å². The number of nitrogens with one attached hydrogen (secondary N) is 1. The minimum Gasteiger partial charge on any atom is -0.352 e. The Labute approximate surface area is 134 Å². The summed E-state index contributed by atoms with van der Waals surface area (Å²) in [6.45, 7) is 10.6. The van der Waals surface area contributed by atoms with Crippen LogP contribution in [0.2, 0.25) is 0 Å². The van der Waals surface area contributed by atoms with E-state index in [0.29, 0.717) is 0 Å². The van der Waals surface area contributed by atoms with E-state index in [1.54, 1.807) is 0 Å². The fourth-order valence-electron chi connectivity index (χ4n) is 2.83. The van der Waals surface area contributed by atoms with Gasteiger partial charge in [0.15, 0.2) is 0 Å². The van der Waals surface area contributed by atoms with Crippen molar-refractivity contribution in [2.45, 2.75) is 26.7 Å². The number of hydrogen-bond donors (Lipinski definition) is 1. The van der Waals surface area contributed by atoms with Gasteiger partial charge in [0.1, 0.15) is 0 Å². The largest absolute Gasteiger partial charge is 0.352 e. The number of rotatable bonds is 6. The molecule has 1 aromatic rings. The van der Waals surface area contributed by atoms with Gasteiger partial charge in [-0.1, -0.05) is 12.1 Å². The van der Waals surface area contributed by atoms with Crippen molar-refractivity contribution in [3.63, 3.8) is 0 Å². The molecule has 4 heteroatoms. The van der Waals surface area contributed by atoms with E-state index >= 15 is 0 Å². The molecule has 1 aliphatic rings. The lowest BCUT2D eigenvalue weighted by atomic mass is 10.0. The Hall–Kier alpha value is -1.39. The first kappa shape index (κ1) is 17.0. The molecule has 0 unspecified atom stereocenters. The first-order valence-electron chi connectivity index (χ1n) is 8.33. The van der Waals surface area contributed by atoms with E-state index in [-0.39, 0.29) is 5.91 Å². The first-order chi connectivity index (χ1) is 10.6. The normalized spacial score (nSPS) is 16.7. The van der Waals surface area contributed by atoms with Crippen molar-refractivity contribution < 1.29 is 4.79 Å². The minimum absolute atomic E-state index is 0.0563. The monoisotopic (exact) mass is 303 g/mol. The van der Waals surface area contributed by atoms with Gasteiger partial charge >= 0.3 is 0 Å². The Morgan fingerprint density at radius 1 is 1.14 bits per heavy atom. The Bertz CT molecular complexity index is 493. The highest BCUT2D eigenvalue weighted by molar-refractivity contribution is 5.95. The van der Waals surface area contributed by atoms with E-state index in [0.717, 1.165) is 37.1 Å². The summed E-state index contributed by atoms with van der Waals surface area (Å²) >= 11 is 0. The number of piperazine rings is 1. The zero-order valence-corrected chi connectivity index (χ0v) is 14.2. The maximum atomic E-state index is 12.2. The number of likely N-dealkylation sites (N-methyl/N-ethyl adjacent to an activating group) is 1. The van der Waals surface area contributed by atoms with Crippen molar-refractivity contribution in [3.8, 4) is 0 Å². The summed E-state index contributed by atoms with van der Waals surface area (Å²) in [6.07, 6.45) is 2.19. The molecule has 0 spiro atoms. The van der Waals surface area contributed by atoms with Crippen molar-refractivity contribution >= 4 is 5.91 Å². The molecular formula is C18H29N3O. The van der Waals surface area contributed by atoms with Crippen LogP contribution >= 0.6 is 0 Å². The number of nitrogens with zero attached hydrogens (tertiary/aromatic N) is 2. The lowest BCUT2D eigenvalue weighted by Crippen LogP contribution is -2.44. The topological polar surface area (TPSA) is 35.6 Å². The van der Waals surface area contributed by atoms with Crippen molar-refractivity contribution in [2.75, 3.05) is 46.3 Å². The molecule has 1 amide bonds. The molecule has 1 aromatic carbocycles. The van der Waals surface area contributed by atoms with Crippen LogP contribution in [0.1, 0.15) is 34.3 Å². The van der Waals surface area contributed by atoms with Crippen molar-refractivity contribution in [3.05, 3.63) is 34.9 Å². The van der Waals surface area contributed by atoms with Gasteiger partial charge in [0.05, 0.1) is 0 Å². The summed E-state index contributed by atoms with van der Waals surface area (Å²) in [5, 5.41) is 3.05. The number of aryl methyl sites for hydroxylation is 1. The quantitative estimate of drug-likeness (QED) is 0.817. The summed E-state index contributed by atoms with van der Waals surface area (Å²) in [4.78, 5) is 17.1. The molecule has 1 heterocycles. The van der Waals surface area contributed by atoms with Gasteiger partial charge in [-0.15, -0.1) is 0 Å². The van der Waals surface area contributed by atoms with Crippen LogP contribution in [-0.2, 0) is 0 Å². The molecule has 4 nitrogen and oxygen atoms in total. The van der Waals surface area contributed by atoms with Gasteiger partial charge in [-0.05, 0) is 57.5 Å². The molecule has 1 aliphatic heterocycles. The van der Waals surface area contributed by atoms with Crippen LogP contribution in [-0.4, -0.2) is 62.0 Å². The molecule has 0 aromatic heterocycles. The summed E-state index contributed by atoms with van der Waals surface area (Å²) in [5.74, 6) is 0.0563. The number of carbonyl (C=O) groups excluding carboxylic acids is 1. The van der Waals surface area contributed by atoms with Crippen LogP contribution in [0.25, 0.3) is 0 Å². The van der Waals surface area contributed by atoms with Gasteiger partial charge in [0.2, 0.25) is 0 Å². The second kappa shape index (κ2) is 8.30. The van der Waals surface area contributed by atoms with E-state index in [1.165, 1.54) is 31.7 Å². The highest BCUT2D eigenvalue weighted by Crippen LogP contribution is 2.12. The van der Waals surface area contributed by atoms with Gasteiger partial charge in [0.25, 0.3) is 5.91 Å². The maximum absolute atomic E-state index is 12.2. The van der Waals surface area contributed by atoms with Gasteiger partial charge in [0, 0.05) is 38.3 Å². The maximum Gasteiger partial charge on any atom is 0.251 e. The smallest absolute Gasteiger partial charge is 0.251 e. The molecule has 0 bridgehead atoms. The molecule has 0 aliphatic carbocycles. The third-order valence-electron chi connectivity index (χ3n) is 4.63. The van der Waals surface area contributed by atoms with Crippen LogP contribution in [0.4, 0.5) is 0 Å². The van der Waals surface area contributed by atoms with Gasteiger partial charge < -0.3 is 15.1 Å². The van der Waals surface area contributed by atoms with Crippen LogP contribution in [0.15, 0.2) is 18.2 Å². The van der Waals surface area contributed by atoms with E-state index in [1.807, 2.05) is 32.0 Å². The third kappa shape index (κ3) is 4.82. The molecule has 22 heavy (non-hydrogen) atoms. The average molecular weight is 303 g/mol. The van der Waals surface area contributed by atoms with E-state index in [4.69, 9.17) is 0 Å². The zero-order chi connectivity index (χ0) is 15.9. The predicted octanol–water partition coefficient (Wildman–Crippen LogP) is 2.06. The molecule has 1 N–H and O–H groups in total. The second-order valence-electron chi connectivity index (χ2n) is 6.36. The Balaban J connectivity index is 1.64. The molecule has 0 radical (unpaired) electrons. The molecule has 1 saturated heterocycles. The zero-order valence-electron chi connectivity index (χ0n) is 14.2. The number of hydrogen-bond acceptors (Lipinski definition) is 3. The van der Waals surface area contributed by atoms with Gasteiger partial charge in [-0.25, -0.2) is 0 Å². The standard InChI is InChI=1S/C18H29N3O/c1-15-7-6-8-17(16(15)2)18(22)19-9-4-5-10-21-13-11-20(3)12-14-21/h6-8H,4-5,9-14H2,1-3H3,(H,19,22). The number of benzene rings is 1. The van der Waals surface area contributed by atoms with Crippen LogP contribution in [0.3, 0.4) is 0 Å². The fourth-order valence-corrected chi connectivity index (χ4v) is 2.83. The van der Waals surface area contributed by atoms with Crippen molar-refractivity contribution in [1.82, 2.24) is 15.1 Å². The molecule has 0 saturated carbocycles. The van der Waals surface area contributed by atoms with Gasteiger partial charge in [-0.3, -0.25) is 4.79 Å². The number of carbonyl (C=O) groups is 1. The van der Waals surface area contributed by atoms with E-state index in [9.17, 15) is 4.79 Å². The molecule has 1 fully saturated rings. The SMILES string of the molecule is Cc1cccc(C(=O)NCCCCN2CCN(C)CC2)c1C. The van der Waals surface area contributed by atoms with Crippen LogP contribution in [0.5, 0.6) is 0 Å². The van der Waals surface area contributed by atoms with E-state index in [2.05, 4.69) is 22.2 Å². The molecule has 0 atom stereocenters. The molecule has 2 rings (SSSR count). The second-order valence-corrected chi connectivity index (χ2v) is 6.36. The lowest BCUT2D eigenvalue weighted by molar-refractivity contribution is 0.0951. The highest BCUT2D eigenvalue weighted by Gasteiger charge is 2.13. The summed E-state index contributed by atoms with van der Waals surface area (Å²) < 4.78 is 0. The summed E-state index contributed by atoms with van der Waals surface area (Å²) in [5.41, 5.74) is 3.05. The van der Waals surface area contributed by atoms with E-state index < -0.39 is 0 Å². The third-order valence-corrected chi connectivity index (χ3v) is 4.63. The number of amides is 1.